The fourth-order valence-corrected chi connectivity index (χ4v) is 4.18. The largest absolute Gasteiger partial charge is 0.507 e. The lowest BCUT2D eigenvalue weighted by Gasteiger charge is -2.41. The normalized spacial score (nSPS) is 21.0. The van der Waals surface area contributed by atoms with Crippen molar-refractivity contribution in [2.24, 2.45) is 4.99 Å². The van der Waals surface area contributed by atoms with Gasteiger partial charge in [0.1, 0.15) is 17.1 Å². The lowest BCUT2D eigenvalue weighted by atomic mass is 9.68. The Morgan fingerprint density at radius 3 is 2.35 bits per heavy atom. The highest BCUT2D eigenvalue weighted by molar-refractivity contribution is 5.99. The zero-order chi connectivity index (χ0) is 22.3. The fraction of sp³-hybridized carbons (Fsp3) is 0.348. The number of hydrogen-bond acceptors (Lipinski definition) is 5. The van der Waals surface area contributed by atoms with E-state index < -0.39 is 5.91 Å². The number of rotatable bonds is 5. The quantitative estimate of drug-likeness (QED) is 0.286. The Kier molecular flexibility index (Phi) is 6.98. The van der Waals surface area contributed by atoms with Crippen molar-refractivity contribution in [2.75, 3.05) is 13.6 Å². The summed E-state index contributed by atoms with van der Waals surface area (Å²) in [6, 6.07) is 14.4. The van der Waals surface area contributed by atoms with Crippen molar-refractivity contribution >= 4 is 11.9 Å². The number of hydrogen-bond donors (Lipinski definition) is 5. The van der Waals surface area contributed by atoms with Crippen LogP contribution < -0.4 is 16.0 Å². The maximum Gasteiger partial charge on any atom is 0.258 e. The van der Waals surface area contributed by atoms with Crippen LogP contribution in [0.2, 0.25) is 0 Å². The number of nitrogens with one attached hydrogen (secondary N) is 3. The first kappa shape index (κ1) is 22.0. The highest BCUT2D eigenvalue weighted by atomic mass is 16.3. The highest BCUT2D eigenvalue weighted by Crippen LogP contribution is 2.39. The molecule has 8 nitrogen and oxygen atoms in total. The molecule has 0 radical (unpaired) electrons. The maximum absolute atomic E-state index is 12.7. The molecule has 1 saturated carbocycles. The monoisotopic (exact) mass is 421 g/mol. The first-order chi connectivity index (χ1) is 15.0. The fourth-order valence-electron chi connectivity index (χ4n) is 4.18. The van der Waals surface area contributed by atoms with Gasteiger partial charge in [0.05, 0.1) is 0 Å². The van der Waals surface area contributed by atoms with Crippen molar-refractivity contribution in [1.29, 1.82) is 5.26 Å². The van der Waals surface area contributed by atoms with Crippen molar-refractivity contribution in [2.45, 2.75) is 37.1 Å². The summed E-state index contributed by atoms with van der Waals surface area (Å²) in [5, 5.41) is 37.8. The van der Waals surface area contributed by atoms with Crippen molar-refractivity contribution in [3.63, 3.8) is 0 Å². The number of carbonyl (C=O) groups is 1. The van der Waals surface area contributed by atoms with Crippen LogP contribution in [0.5, 0.6) is 11.5 Å². The van der Waals surface area contributed by atoms with Gasteiger partial charge >= 0.3 is 0 Å². The van der Waals surface area contributed by atoms with Gasteiger partial charge in [0.2, 0.25) is 12.2 Å². The summed E-state index contributed by atoms with van der Waals surface area (Å²) < 4.78 is 0. The number of carbonyl (C=O) groups excluding carboxylic acids is 1. The van der Waals surface area contributed by atoms with Gasteiger partial charge in [0.25, 0.3) is 5.91 Å². The van der Waals surface area contributed by atoms with Crippen LogP contribution in [0.1, 0.15) is 41.6 Å². The molecule has 31 heavy (non-hydrogen) atoms. The van der Waals surface area contributed by atoms with Crippen molar-refractivity contribution in [3.8, 4) is 17.7 Å². The van der Waals surface area contributed by atoms with Gasteiger partial charge in [-0.25, -0.2) is 0 Å². The standard InChI is InChI=1S/C23H27N5O3/c1-25-22(27-15-24)28-17-10-12-23(13-11-17,16-6-3-2-4-7-16)14-26-21(31)20-18(29)8-5-9-19(20)30/h2-9,17,29-30H,10-14H2,1H3,(H,26,31)(H2,25,27,28)/t17-,23-. The van der Waals surface area contributed by atoms with Crippen LogP contribution in [0.15, 0.2) is 53.5 Å². The highest BCUT2D eigenvalue weighted by Gasteiger charge is 2.37. The van der Waals surface area contributed by atoms with Crippen LogP contribution >= 0.6 is 0 Å². The van der Waals surface area contributed by atoms with E-state index in [4.69, 9.17) is 5.26 Å². The Bertz CT molecular complexity index is 956. The molecule has 0 saturated heterocycles. The summed E-state index contributed by atoms with van der Waals surface area (Å²) in [4.78, 5) is 16.5. The lowest BCUT2D eigenvalue weighted by molar-refractivity contribution is 0.0929. The number of aliphatic imine (C=N–C) groups is 1. The van der Waals surface area contributed by atoms with E-state index in [0.29, 0.717) is 12.5 Å². The molecule has 0 bridgehead atoms. The minimum absolute atomic E-state index is 0.118. The molecule has 1 aliphatic rings. The molecule has 8 heteroatoms. The van der Waals surface area contributed by atoms with E-state index in [2.05, 4.69) is 33.1 Å². The molecule has 162 valence electrons. The number of nitrogens with zero attached hydrogens (tertiary/aromatic N) is 2. The number of phenolic OH excluding ortho intramolecular Hbond substituents is 2. The average molecular weight is 422 g/mol. The zero-order valence-electron chi connectivity index (χ0n) is 17.4. The number of guanidine groups is 1. The minimum Gasteiger partial charge on any atom is -0.507 e. The number of amides is 1. The van der Waals surface area contributed by atoms with Gasteiger partial charge in [0.15, 0.2) is 0 Å². The van der Waals surface area contributed by atoms with Crippen LogP contribution in [0.25, 0.3) is 0 Å². The Morgan fingerprint density at radius 1 is 1.13 bits per heavy atom. The molecule has 0 heterocycles. The SMILES string of the molecule is CN/C(=N\C#N)N[C@H]1CC[C@](CNC(=O)c2c(O)cccc2O)(c2ccccc2)CC1. The van der Waals surface area contributed by atoms with Gasteiger partial charge < -0.3 is 26.2 Å². The molecule has 0 aromatic heterocycles. The minimum atomic E-state index is -0.509. The van der Waals surface area contributed by atoms with Crippen molar-refractivity contribution < 1.29 is 15.0 Å². The maximum atomic E-state index is 12.7. The molecule has 3 rings (SSSR count). The molecule has 2 aromatic rings. The van der Waals surface area contributed by atoms with Gasteiger partial charge in [-0.3, -0.25) is 4.79 Å². The molecule has 0 unspecified atom stereocenters. The molecule has 5 N–H and O–H groups in total. The number of nitriles is 1. The molecule has 0 aliphatic heterocycles. The van der Waals surface area contributed by atoms with E-state index >= 15 is 0 Å². The summed E-state index contributed by atoms with van der Waals surface area (Å²) in [7, 11) is 1.71. The van der Waals surface area contributed by atoms with Gasteiger partial charge in [0, 0.05) is 25.0 Å². The summed E-state index contributed by atoms with van der Waals surface area (Å²) in [6.07, 6.45) is 5.07. The predicted molar refractivity (Wildman–Crippen MR) is 118 cm³/mol. The van der Waals surface area contributed by atoms with Crippen molar-refractivity contribution in [1.82, 2.24) is 16.0 Å². The Morgan fingerprint density at radius 2 is 1.77 bits per heavy atom. The van der Waals surface area contributed by atoms with E-state index in [1.807, 2.05) is 18.2 Å². The predicted octanol–water partition coefficient (Wildman–Crippen LogP) is 2.35. The van der Waals surface area contributed by atoms with E-state index in [9.17, 15) is 15.0 Å². The van der Waals surface area contributed by atoms with E-state index in [-0.39, 0.29) is 28.5 Å². The Hall–Kier alpha value is -3.73. The topological polar surface area (TPSA) is 130 Å². The molecule has 1 fully saturated rings. The molecule has 1 aliphatic carbocycles. The molecule has 0 atom stereocenters. The summed E-state index contributed by atoms with van der Waals surface area (Å²) in [5.74, 6) is -0.570. The molecule has 2 aromatic carbocycles. The van der Waals surface area contributed by atoms with E-state index in [1.165, 1.54) is 18.2 Å². The molecular weight excluding hydrogens is 394 g/mol. The Labute approximate surface area is 181 Å². The molecule has 1 amide bonds. The second-order valence-electron chi connectivity index (χ2n) is 7.73. The van der Waals surface area contributed by atoms with Crippen LogP contribution in [-0.2, 0) is 5.41 Å². The van der Waals surface area contributed by atoms with Crippen LogP contribution in [0.4, 0.5) is 0 Å². The summed E-state index contributed by atoms with van der Waals surface area (Å²) in [5.41, 5.74) is 0.739. The van der Waals surface area contributed by atoms with Gasteiger partial charge in [-0.15, -0.1) is 4.99 Å². The van der Waals surface area contributed by atoms with Gasteiger partial charge in [-0.2, -0.15) is 5.26 Å². The van der Waals surface area contributed by atoms with Crippen LogP contribution in [-0.4, -0.2) is 41.7 Å². The molecule has 0 spiro atoms. The number of aromatic hydroxyl groups is 2. The first-order valence-electron chi connectivity index (χ1n) is 10.2. The Balaban J connectivity index is 1.75. The lowest BCUT2D eigenvalue weighted by Crippen LogP contribution is -2.49. The van der Waals surface area contributed by atoms with E-state index in [0.717, 1.165) is 31.2 Å². The van der Waals surface area contributed by atoms with Crippen molar-refractivity contribution in [3.05, 3.63) is 59.7 Å². The third-order valence-electron chi connectivity index (χ3n) is 5.90. The third-order valence-corrected chi connectivity index (χ3v) is 5.90. The average Bonchev–Trinajstić information content (AvgIpc) is 2.79. The second-order valence-corrected chi connectivity index (χ2v) is 7.73. The summed E-state index contributed by atoms with van der Waals surface area (Å²) in [6.45, 7) is 0.376. The zero-order valence-corrected chi connectivity index (χ0v) is 17.4. The number of benzene rings is 2. The smallest absolute Gasteiger partial charge is 0.258 e. The summed E-state index contributed by atoms with van der Waals surface area (Å²) >= 11 is 0. The van der Waals surface area contributed by atoms with E-state index in [1.54, 1.807) is 13.2 Å². The third kappa shape index (κ3) is 5.07. The molecular formula is C23H27N5O3. The first-order valence-corrected chi connectivity index (χ1v) is 10.2. The van der Waals surface area contributed by atoms with Gasteiger partial charge in [-0.1, -0.05) is 36.4 Å². The van der Waals surface area contributed by atoms with Crippen LogP contribution in [0.3, 0.4) is 0 Å². The van der Waals surface area contributed by atoms with Crippen LogP contribution in [0, 0.1) is 11.5 Å². The number of phenols is 2. The second kappa shape index (κ2) is 9.85. The van der Waals surface area contributed by atoms with Gasteiger partial charge in [-0.05, 0) is 43.4 Å².